The summed E-state index contributed by atoms with van der Waals surface area (Å²) in [5, 5.41) is 2.99. The SMILES string of the molecule is CNC(CCN1CCC2CCC(C1)N2C)C(N)=O. The number of fused-ring (bicyclic) bond motifs is 2. The van der Waals surface area contributed by atoms with Gasteiger partial charge in [-0.3, -0.25) is 9.69 Å². The molecular weight excluding hydrogens is 228 g/mol. The number of likely N-dealkylation sites (tertiary alicyclic amines) is 1. The highest BCUT2D eigenvalue weighted by Gasteiger charge is 2.34. The number of carbonyl (C=O) groups is 1. The van der Waals surface area contributed by atoms with Gasteiger partial charge in [0.25, 0.3) is 0 Å². The van der Waals surface area contributed by atoms with Gasteiger partial charge in [-0.05, 0) is 46.3 Å². The zero-order chi connectivity index (χ0) is 13.1. The van der Waals surface area contributed by atoms with Gasteiger partial charge < -0.3 is 16.0 Å². The molecule has 2 fully saturated rings. The maximum absolute atomic E-state index is 11.2. The molecule has 3 atom stereocenters. The Morgan fingerprint density at radius 3 is 2.78 bits per heavy atom. The molecule has 2 bridgehead atoms. The molecule has 2 aliphatic rings. The molecule has 2 heterocycles. The minimum Gasteiger partial charge on any atom is -0.368 e. The number of nitrogens with zero attached hydrogens (tertiary/aromatic N) is 2. The molecule has 104 valence electrons. The molecule has 0 aromatic heterocycles. The first-order valence-electron chi connectivity index (χ1n) is 7.02. The van der Waals surface area contributed by atoms with E-state index in [0.29, 0.717) is 6.04 Å². The lowest BCUT2D eigenvalue weighted by Gasteiger charge is -2.26. The van der Waals surface area contributed by atoms with Crippen LogP contribution < -0.4 is 11.1 Å². The first kappa shape index (κ1) is 13.8. The van der Waals surface area contributed by atoms with Crippen molar-refractivity contribution in [1.82, 2.24) is 15.1 Å². The molecule has 0 radical (unpaired) electrons. The van der Waals surface area contributed by atoms with Crippen molar-refractivity contribution in [3.8, 4) is 0 Å². The number of nitrogens with one attached hydrogen (secondary N) is 1. The number of nitrogens with two attached hydrogens (primary N) is 1. The van der Waals surface area contributed by atoms with Gasteiger partial charge in [0.2, 0.25) is 5.91 Å². The van der Waals surface area contributed by atoms with Crippen molar-refractivity contribution in [3.05, 3.63) is 0 Å². The van der Waals surface area contributed by atoms with Crippen molar-refractivity contribution in [2.24, 2.45) is 5.73 Å². The summed E-state index contributed by atoms with van der Waals surface area (Å²) in [5.74, 6) is -0.244. The summed E-state index contributed by atoms with van der Waals surface area (Å²) in [6.07, 6.45) is 4.75. The predicted octanol–water partition coefficient (Wildman–Crippen LogP) is -0.382. The van der Waals surface area contributed by atoms with Crippen LogP contribution in [0.5, 0.6) is 0 Å². The fraction of sp³-hybridized carbons (Fsp3) is 0.923. The van der Waals surface area contributed by atoms with Crippen LogP contribution in [0.1, 0.15) is 25.7 Å². The van der Waals surface area contributed by atoms with E-state index >= 15 is 0 Å². The Balaban J connectivity index is 1.82. The lowest BCUT2D eigenvalue weighted by atomic mass is 10.1. The molecule has 18 heavy (non-hydrogen) atoms. The number of carbonyl (C=O) groups excluding carboxylic acids is 1. The summed E-state index contributed by atoms with van der Waals surface area (Å²) >= 11 is 0. The zero-order valence-electron chi connectivity index (χ0n) is 11.6. The van der Waals surface area contributed by atoms with Crippen LogP contribution in [0, 0.1) is 0 Å². The van der Waals surface area contributed by atoms with Crippen LogP contribution >= 0.6 is 0 Å². The van der Waals surface area contributed by atoms with Crippen LogP contribution in [-0.2, 0) is 4.79 Å². The van der Waals surface area contributed by atoms with Gasteiger partial charge in [0, 0.05) is 25.2 Å². The zero-order valence-corrected chi connectivity index (χ0v) is 11.6. The third kappa shape index (κ3) is 3.02. The van der Waals surface area contributed by atoms with Crippen molar-refractivity contribution in [2.45, 2.75) is 43.8 Å². The van der Waals surface area contributed by atoms with Gasteiger partial charge in [0.1, 0.15) is 0 Å². The van der Waals surface area contributed by atoms with Crippen LogP contribution in [0.3, 0.4) is 0 Å². The van der Waals surface area contributed by atoms with Gasteiger partial charge in [-0.25, -0.2) is 0 Å². The fourth-order valence-electron chi connectivity index (χ4n) is 3.32. The second-order valence-corrected chi connectivity index (χ2v) is 5.67. The second-order valence-electron chi connectivity index (χ2n) is 5.67. The fourth-order valence-corrected chi connectivity index (χ4v) is 3.32. The van der Waals surface area contributed by atoms with E-state index in [9.17, 15) is 4.79 Å². The van der Waals surface area contributed by atoms with Gasteiger partial charge in [0.05, 0.1) is 6.04 Å². The van der Waals surface area contributed by atoms with Crippen molar-refractivity contribution < 1.29 is 4.79 Å². The summed E-state index contributed by atoms with van der Waals surface area (Å²) < 4.78 is 0. The Morgan fingerprint density at radius 1 is 1.39 bits per heavy atom. The third-order valence-electron chi connectivity index (χ3n) is 4.66. The Morgan fingerprint density at radius 2 is 2.11 bits per heavy atom. The summed E-state index contributed by atoms with van der Waals surface area (Å²) in [6, 6.07) is 1.29. The van der Waals surface area contributed by atoms with Gasteiger partial charge in [-0.15, -0.1) is 0 Å². The largest absolute Gasteiger partial charge is 0.368 e. The van der Waals surface area contributed by atoms with Crippen molar-refractivity contribution >= 4 is 5.91 Å². The third-order valence-corrected chi connectivity index (χ3v) is 4.66. The number of hydrogen-bond acceptors (Lipinski definition) is 4. The molecule has 5 nitrogen and oxygen atoms in total. The molecule has 0 aliphatic carbocycles. The Labute approximate surface area is 110 Å². The van der Waals surface area contributed by atoms with Crippen LogP contribution in [0.4, 0.5) is 0 Å². The molecule has 0 spiro atoms. The van der Waals surface area contributed by atoms with Gasteiger partial charge in [0.15, 0.2) is 0 Å². The summed E-state index contributed by atoms with van der Waals surface area (Å²) in [5.41, 5.74) is 5.35. The minimum atomic E-state index is -0.244. The highest BCUT2D eigenvalue weighted by atomic mass is 16.1. The number of likely N-dealkylation sites (N-methyl/N-ethyl adjacent to an activating group) is 2. The number of rotatable bonds is 5. The number of hydrogen-bond donors (Lipinski definition) is 2. The average Bonchev–Trinajstić information content (AvgIpc) is 2.56. The standard InChI is InChI=1S/C13H26N4O/c1-15-12(13(14)18)6-8-17-7-5-10-3-4-11(9-17)16(10)2/h10-12,15H,3-9H2,1-2H3,(H2,14,18). The van der Waals surface area contributed by atoms with E-state index in [2.05, 4.69) is 22.2 Å². The highest BCUT2D eigenvalue weighted by Crippen LogP contribution is 2.28. The summed E-state index contributed by atoms with van der Waals surface area (Å²) in [7, 11) is 4.05. The van der Waals surface area contributed by atoms with Crippen molar-refractivity contribution in [3.63, 3.8) is 0 Å². The van der Waals surface area contributed by atoms with E-state index in [1.165, 1.54) is 19.3 Å². The Bertz CT molecular complexity index is 297. The molecule has 2 rings (SSSR count). The minimum absolute atomic E-state index is 0.192. The smallest absolute Gasteiger partial charge is 0.234 e. The molecule has 0 aromatic carbocycles. The number of amides is 1. The van der Waals surface area contributed by atoms with E-state index in [1.54, 1.807) is 7.05 Å². The van der Waals surface area contributed by atoms with Gasteiger partial charge in [-0.1, -0.05) is 0 Å². The maximum Gasteiger partial charge on any atom is 0.234 e. The highest BCUT2D eigenvalue weighted by molar-refractivity contribution is 5.79. The molecule has 3 unspecified atom stereocenters. The molecule has 1 amide bonds. The molecular formula is C13H26N4O. The predicted molar refractivity (Wildman–Crippen MR) is 72.3 cm³/mol. The van der Waals surface area contributed by atoms with E-state index in [4.69, 9.17) is 5.73 Å². The lowest BCUT2D eigenvalue weighted by molar-refractivity contribution is -0.120. The first-order valence-corrected chi connectivity index (χ1v) is 7.02. The van der Waals surface area contributed by atoms with Crippen LogP contribution in [0.15, 0.2) is 0 Å². The summed E-state index contributed by atoms with van der Waals surface area (Å²) in [6.45, 7) is 3.26. The maximum atomic E-state index is 11.2. The van der Waals surface area contributed by atoms with Crippen molar-refractivity contribution in [1.29, 1.82) is 0 Å². The topological polar surface area (TPSA) is 61.6 Å². The van der Waals surface area contributed by atoms with E-state index in [-0.39, 0.29) is 11.9 Å². The molecule has 3 N–H and O–H groups in total. The van der Waals surface area contributed by atoms with Crippen LogP contribution in [0.2, 0.25) is 0 Å². The Kier molecular flexibility index (Phi) is 4.59. The normalized spacial score (nSPS) is 31.2. The van der Waals surface area contributed by atoms with Crippen molar-refractivity contribution in [2.75, 3.05) is 33.7 Å². The van der Waals surface area contributed by atoms with E-state index in [0.717, 1.165) is 32.1 Å². The van der Waals surface area contributed by atoms with Crippen LogP contribution in [0.25, 0.3) is 0 Å². The summed E-state index contributed by atoms with van der Waals surface area (Å²) in [4.78, 5) is 16.2. The lowest BCUT2D eigenvalue weighted by Crippen LogP contribution is -2.43. The quantitative estimate of drug-likeness (QED) is 0.702. The van der Waals surface area contributed by atoms with E-state index < -0.39 is 0 Å². The Hall–Kier alpha value is -0.650. The monoisotopic (exact) mass is 254 g/mol. The molecule has 0 saturated carbocycles. The molecule has 5 heteroatoms. The number of primary amides is 1. The van der Waals surface area contributed by atoms with Gasteiger partial charge in [-0.2, -0.15) is 0 Å². The van der Waals surface area contributed by atoms with Crippen LogP contribution in [-0.4, -0.2) is 67.6 Å². The molecule has 2 aliphatic heterocycles. The van der Waals surface area contributed by atoms with E-state index in [1.807, 2.05) is 0 Å². The first-order chi connectivity index (χ1) is 8.61. The molecule has 0 aromatic rings. The average molecular weight is 254 g/mol. The van der Waals surface area contributed by atoms with Gasteiger partial charge >= 0.3 is 0 Å². The second kappa shape index (κ2) is 5.99. The molecule has 2 saturated heterocycles.